The van der Waals surface area contributed by atoms with Crippen molar-refractivity contribution in [3.8, 4) is 0 Å². The minimum absolute atomic E-state index is 0.164. The first-order valence-corrected chi connectivity index (χ1v) is 11.2. The number of carbonyl (C=O) groups excluding carboxylic acids is 1. The third-order valence-corrected chi connectivity index (χ3v) is 6.95. The van der Waals surface area contributed by atoms with Crippen LogP contribution in [0.15, 0.2) is 29.2 Å². The first kappa shape index (κ1) is 19.9. The van der Waals surface area contributed by atoms with Gasteiger partial charge in [-0.2, -0.15) is 4.31 Å². The smallest absolute Gasteiger partial charge is 0.267 e. The number of hydrogen-bond donors (Lipinski definition) is 2. The first-order valence-electron chi connectivity index (χ1n) is 9.72. The highest BCUT2D eigenvalue weighted by atomic mass is 32.2. The number of carbonyl (C=O) groups is 1. The molecular formula is C20H29N3O3S. The average molecular weight is 392 g/mol. The van der Waals surface area contributed by atoms with Gasteiger partial charge in [0.25, 0.3) is 5.91 Å². The van der Waals surface area contributed by atoms with Crippen molar-refractivity contribution in [1.82, 2.24) is 14.6 Å². The van der Waals surface area contributed by atoms with E-state index in [0.717, 1.165) is 30.2 Å². The molecule has 1 aromatic heterocycles. The molecule has 7 heteroatoms. The summed E-state index contributed by atoms with van der Waals surface area (Å²) in [6, 6.07) is 6.74. The molecule has 2 unspecified atom stereocenters. The van der Waals surface area contributed by atoms with Gasteiger partial charge < -0.3 is 10.3 Å². The number of sulfonamides is 1. The van der Waals surface area contributed by atoms with E-state index in [1.54, 1.807) is 28.6 Å². The van der Waals surface area contributed by atoms with Gasteiger partial charge in [-0.05, 0) is 48.9 Å². The fourth-order valence-electron chi connectivity index (χ4n) is 3.82. The molecule has 3 rings (SSSR count). The Morgan fingerprint density at radius 3 is 2.59 bits per heavy atom. The number of nitrogens with one attached hydrogen (secondary N) is 2. The molecule has 27 heavy (non-hydrogen) atoms. The third kappa shape index (κ3) is 4.35. The molecule has 2 atom stereocenters. The van der Waals surface area contributed by atoms with E-state index in [1.807, 2.05) is 0 Å². The summed E-state index contributed by atoms with van der Waals surface area (Å²) in [4.78, 5) is 15.6. The number of nitrogens with zero attached hydrogens (tertiary/aromatic N) is 1. The number of aromatic amines is 1. The Kier molecular flexibility index (Phi) is 5.91. The van der Waals surface area contributed by atoms with Crippen LogP contribution in [0.1, 0.15) is 50.5 Å². The molecule has 0 spiro atoms. The maximum absolute atomic E-state index is 13.1. The van der Waals surface area contributed by atoms with Gasteiger partial charge in [0.1, 0.15) is 5.69 Å². The molecule has 2 aromatic rings. The fourth-order valence-corrected chi connectivity index (χ4v) is 5.53. The Labute approximate surface area is 161 Å². The molecule has 1 aliphatic rings. The van der Waals surface area contributed by atoms with E-state index in [4.69, 9.17) is 0 Å². The van der Waals surface area contributed by atoms with Gasteiger partial charge in [0.15, 0.2) is 0 Å². The van der Waals surface area contributed by atoms with E-state index in [2.05, 4.69) is 31.1 Å². The fraction of sp³-hybridized carbons (Fsp3) is 0.550. The van der Waals surface area contributed by atoms with E-state index in [0.29, 0.717) is 37.2 Å². The lowest BCUT2D eigenvalue weighted by molar-refractivity contribution is 0.0949. The van der Waals surface area contributed by atoms with Crippen molar-refractivity contribution in [2.75, 3.05) is 19.6 Å². The molecule has 2 N–H and O–H groups in total. The van der Waals surface area contributed by atoms with Crippen molar-refractivity contribution in [3.63, 3.8) is 0 Å². The highest BCUT2D eigenvalue weighted by Crippen LogP contribution is 2.28. The lowest BCUT2D eigenvalue weighted by Gasteiger charge is -2.34. The Morgan fingerprint density at radius 2 is 1.93 bits per heavy atom. The highest BCUT2D eigenvalue weighted by Gasteiger charge is 2.31. The number of rotatable bonds is 6. The minimum atomic E-state index is -3.53. The molecule has 1 aromatic carbocycles. The van der Waals surface area contributed by atoms with Crippen LogP contribution in [-0.4, -0.2) is 43.2 Å². The maximum Gasteiger partial charge on any atom is 0.267 e. The van der Waals surface area contributed by atoms with E-state index in [9.17, 15) is 13.2 Å². The lowest BCUT2D eigenvalue weighted by atomic mass is 9.94. The van der Waals surface area contributed by atoms with Gasteiger partial charge in [0.2, 0.25) is 10.0 Å². The molecule has 1 aliphatic heterocycles. The zero-order valence-electron chi connectivity index (χ0n) is 16.3. The van der Waals surface area contributed by atoms with Crippen molar-refractivity contribution in [2.45, 2.75) is 44.9 Å². The molecule has 0 saturated carbocycles. The summed E-state index contributed by atoms with van der Waals surface area (Å²) in [5, 5.41) is 3.60. The molecule has 1 amide bonds. The largest absolute Gasteiger partial charge is 0.351 e. The zero-order chi connectivity index (χ0) is 19.6. The number of piperidine rings is 1. The monoisotopic (exact) mass is 391 g/mol. The number of H-pyrrole nitrogens is 1. The Bertz CT molecular complexity index is 910. The molecule has 6 nitrogen and oxygen atoms in total. The van der Waals surface area contributed by atoms with Crippen LogP contribution in [0.5, 0.6) is 0 Å². The predicted molar refractivity (Wildman–Crippen MR) is 107 cm³/mol. The number of unbranched alkanes of at least 4 members (excludes halogenated alkanes) is 1. The molecule has 2 heterocycles. The van der Waals surface area contributed by atoms with E-state index >= 15 is 0 Å². The van der Waals surface area contributed by atoms with Crippen molar-refractivity contribution >= 4 is 26.8 Å². The second-order valence-corrected chi connectivity index (χ2v) is 9.75. The molecule has 0 aliphatic carbocycles. The SMILES string of the molecule is CCCCNC(=O)c1cc2cc(S(=O)(=O)N3CC(C)CC(C)C3)ccc2[nH]1. The van der Waals surface area contributed by atoms with Crippen LogP contribution in [-0.2, 0) is 10.0 Å². The van der Waals surface area contributed by atoms with Crippen LogP contribution in [0.4, 0.5) is 0 Å². The molecule has 0 bridgehead atoms. The summed E-state index contributed by atoms with van der Waals surface area (Å²) in [5.41, 5.74) is 1.21. The topological polar surface area (TPSA) is 82.3 Å². The Balaban J connectivity index is 1.84. The second kappa shape index (κ2) is 8.02. The normalized spacial score (nSPS) is 21.4. The molecule has 0 radical (unpaired) electrons. The summed E-state index contributed by atoms with van der Waals surface area (Å²) in [6.07, 6.45) is 3.00. The summed E-state index contributed by atoms with van der Waals surface area (Å²) in [5.74, 6) is 0.554. The number of hydrogen-bond acceptors (Lipinski definition) is 3. The summed E-state index contributed by atoms with van der Waals surface area (Å²) in [6.45, 7) is 8.01. The van der Waals surface area contributed by atoms with Gasteiger partial charge >= 0.3 is 0 Å². The number of fused-ring (bicyclic) bond motifs is 1. The van der Waals surface area contributed by atoms with Gasteiger partial charge in [-0.25, -0.2) is 8.42 Å². The van der Waals surface area contributed by atoms with E-state index < -0.39 is 10.0 Å². The lowest BCUT2D eigenvalue weighted by Crippen LogP contribution is -2.42. The molecular weight excluding hydrogens is 362 g/mol. The quantitative estimate of drug-likeness (QED) is 0.741. The van der Waals surface area contributed by atoms with Crippen molar-refractivity contribution in [2.24, 2.45) is 11.8 Å². The second-order valence-electron chi connectivity index (χ2n) is 7.81. The van der Waals surface area contributed by atoms with Gasteiger partial charge in [0, 0.05) is 30.5 Å². The molecule has 1 fully saturated rings. The van der Waals surface area contributed by atoms with Crippen molar-refractivity contribution < 1.29 is 13.2 Å². The number of aromatic nitrogens is 1. The number of amides is 1. The van der Waals surface area contributed by atoms with E-state index in [1.165, 1.54) is 0 Å². The predicted octanol–water partition coefficient (Wildman–Crippen LogP) is 3.36. The Morgan fingerprint density at radius 1 is 1.22 bits per heavy atom. The summed E-state index contributed by atoms with van der Waals surface area (Å²) < 4.78 is 27.7. The van der Waals surface area contributed by atoms with Gasteiger partial charge in [0.05, 0.1) is 4.90 Å². The third-order valence-electron chi connectivity index (χ3n) is 5.13. The highest BCUT2D eigenvalue weighted by molar-refractivity contribution is 7.89. The Hall–Kier alpha value is -1.86. The van der Waals surface area contributed by atoms with Gasteiger partial charge in [-0.3, -0.25) is 4.79 Å². The van der Waals surface area contributed by atoms with Crippen LogP contribution < -0.4 is 5.32 Å². The van der Waals surface area contributed by atoms with Gasteiger partial charge in [-0.15, -0.1) is 0 Å². The zero-order valence-corrected chi connectivity index (χ0v) is 17.1. The minimum Gasteiger partial charge on any atom is -0.351 e. The first-order chi connectivity index (χ1) is 12.8. The van der Waals surface area contributed by atoms with E-state index in [-0.39, 0.29) is 10.8 Å². The van der Waals surface area contributed by atoms with Crippen LogP contribution in [0, 0.1) is 11.8 Å². The molecule has 148 valence electrons. The van der Waals surface area contributed by atoms with Crippen LogP contribution in [0.25, 0.3) is 10.9 Å². The van der Waals surface area contributed by atoms with Gasteiger partial charge in [-0.1, -0.05) is 27.2 Å². The standard InChI is InChI=1S/C20H29N3O3S/c1-4-5-8-21-20(24)19-11-16-10-17(6-7-18(16)22-19)27(25,26)23-12-14(2)9-15(3)13-23/h6-7,10-11,14-15,22H,4-5,8-9,12-13H2,1-3H3,(H,21,24). The number of benzene rings is 1. The maximum atomic E-state index is 13.1. The average Bonchev–Trinajstić information content (AvgIpc) is 3.04. The van der Waals surface area contributed by atoms with Crippen LogP contribution >= 0.6 is 0 Å². The van der Waals surface area contributed by atoms with Crippen LogP contribution in [0.2, 0.25) is 0 Å². The van der Waals surface area contributed by atoms with Crippen LogP contribution in [0.3, 0.4) is 0 Å². The molecule has 1 saturated heterocycles. The summed E-state index contributed by atoms with van der Waals surface area (Å²) >= 11 is 0. The van der Waals surface area contributed by atoms with Crippen molar-refractivity contribution in [1.29, 1.82) is 0 Å². The summed E-state index contributed by atoms with van der Waals surface area (Å²) in [7, 11) is -3.53. The van der Waals surface area contributed by atoms with Crippen molar-refractivity contribution in [3.05, 3.63) is 30.0 Å².